The van der Waals surface area contributed by atoms with Crippen LogP contribution in [0, 0.1) is 13.8 Å². The second kappa shape index (κ2) is 7.17. The Balaban J connectivity index is 1.76. The van der Waals surface area contributed by atoms with E-state index in [-0.39, 0.29) is 0 Å². The SMILES string of the molecule is Cc1ccc(-c2ccc3c4ccccc4c4c5ccccc5c5ccccc5c4c3c2)cc1C. The lowest BCUT2D eigenvalue weighted by molar-refractivity contribution is 1.34. The van der Waals surface area contributed by atoms with Gasteiger partial charge in [0.25, 0.3) is 0 Å². The van der Waals surface area contributed by atoms with Crippen LogP contribution in [0.4, 0.5) is 0 Å². The molecule has 7 aromatic rings. The average molecular weight is 433 g/mol. The smallest absolute Gasteiger partial charge is 0.00137 e. The molecule has 0 aliphatic rings. The second-order valence-corrected chi connectivity index (χ2v) is 9.45. The van der Waals surface area contributed by atoms with E-state index in [4.69, 9.17) is 0 Å². The van der Waals surface area contributed by atoms with Gasteiger partial charge in [0.1, 0.15) is 0 Å². The van der Waals surface area contributed by atoms with E-state index in [1.807, 2.05) is 0 Å². The van der Waals surface area contributed by atoms with Crippen molar-refractivity contribution in [2.24, 2.45) is 0 Å². The minimum atomic E-state index is 1.27. The highest BCUT2D eigenvalue weighted by molar-refractivity contribution is 6.39. The molecule has 0 spiro atoms. The van der Waals surface area contributed by atoms with Gasteiger partial charge in [-0.25, -0.2) is 0 Å². The van der Waals surface area contributed by atoms with E-state index < -0.39 is 0 Å². The minimum absolute atomic E-state index is 1.27. The third-order valence-corrected chi connectivity index (χ3v) is 7.55. The monoisotopic (exact) mass is 432 g/mol. The molecule has 0 nitrogen and oxygen atoms in total. The maximum atomic E-state index is 2.41. The van der Waals surface area contributed by atoms with Gasteiger partial charge in [0.15, 0.2) is 0 Å². The van der Waals surface area contributed by atoms with E-state index in [0.717, 1.165) is 0 Å². The molecule has 0 aromatic heterocycles. The number of fused-ring (bicyclic) bond motifs is 11. The molecule has 0 heteroatoms. The van der Waals surface area contributed by atoms with E-state index in [1.54, 1.807) is 0 Å². The molecule has 0 fully saturated rings. The second-order valence-electron chi connectivity index (χ2n) is 9.45. The maximum absolute atomic E-state index is 2.41. The van der Waals surface area contributed by atoms with Crippen molar-refractivity contribution in [2.45, 2.75) is 13.8 Å². The van der Waals surface area contributed by atoms with Crippen molar-refractivity contribution in [1.82, 2.24) is 0 Å². The lowest BCUT2D eigenvalue weighted by atomic mass is 9.86. The van der Waals surface area contributed by atoms with Gasteiger partial charge in [-0.3, -0.25) is 0 Å². The van der Waals surface area contributed by atoms with E-state index in [0.29, 0.717) is 0 Å². The Kier molecular flexibility index (Phi) is 4.07. The molecule has 0 radical (unpaired) electrons. The Morgan fingerprint density at radius 3 is 1.26 bits per heavy atom. The summed E-state index contributed by atoms with van der Waals surface area (Å²) in [5.41, 5.74) is 5.21. The van der Waals surface area contributed by atoms with E-state index >= 15 is 0 Å². The summed E-state index contributed by atoms with van der Waals surface area (Å²) in [5.74, 6) is 0. The molecule has 34 heavy (non-hydrogen) atoms. The van der Waals surface area contributed by atoms with Gasteiger partial charge in [0.2, 0.25) is 0 Å². The van der Waals surface area contributed by atoms with Crippen molar-refractivity contribution in [1.29, 1.82) is 0 Å². The van der Waals surface area contributed by atoms with Crippen molar-refractivity contribution < 1.29 is 0 Å². The fourth-order valence-electron chi connectivity index (χ4n) is 5.72. The molecule has 0 saturated carbocycles. The van der Waals surface area contributed by atoms with Gasteiger partial charge in [-0.05, 0) is 96.0 Å². The zero-order chi connectivity index (χ0) is 22.8. The highest BCUT2D eigenvalue weighted by Gasteiger charge is 2.16. The minimum Gasteiger partial charge on any atom is -0.0616 e. The summed E-state index contributed by atoms with van der Waals surface area (Å²) < 4.78 is 0. The van der Waals surface area contributed by atoms with Crippen molar-refractivity contribution in [3.05, 3.63) is 120 Å². The quantitative estimate of drug-likeness (QED) is 0.226. The van der Waals surface area contributed by atoms with Gasteiger partial charge in [-0.15, -0.1) is 0 Å². The normalized spacial score (nSPS) is 11.8. The van der Waals surface area contributed by atoms with Crippen LogP contribution in [-0.4, -0.2) is 0 Å². The molecule has 7 aromatic carbocycles. The molecule has 0 atom stereocenters. The molecule has 0 bridgehead atoms. The fraction of sp³-hybridized carbons (Fsp3) is 0.0588. The molecule has 0 N–H and O–H groups in total. The van der Waals surface area contributed by atoms with Gasteiger partial charge in [0.05, 0.1) is 0 Å². The van der Waals surface area contributed by atoms with E-state index in [2.05, 4.69) is 123 Å². The summed E-state index contributed by atoms with van der Waals surface area (Å²) in [6, 6.07) is 40.5. The van der Waals surface area contributed by atoms with Gasteiger partial charge >= 0.3 is 0 Å². The average Bonchev–Trinajstić information content (AvgIpc) is 2.89. The Labute approximate surface area is 199 Å². The molecule has 0 amide bonds. The van der Waals surface area contributed by atoms with Crippen LogP contribution in [0.2, 0.25) is 0 Å². The maximum Gasteiger partial charge on any atom is -0.00137 e. The van der Waals surface area contributed by atoms with Crippen LogP contribution < -0.4 is 0 Å². The molecule has 0 saturated heterocycles. The number of hydrogen-bond acceptors (Lipinski definition) is 0. The Morgan fingerprint density at radius 2 is 0.735 bits per heavy atom. The van der Waals surface area contributed by atoms with Crippen molar-refractivity contribution in [3.63, 3.8) is 0 Å². The molecule has 7 rings (SSSR count). The molecule has 160 valence electrons. The van der Waals surface area contributed by atoms with Gasteiger partial charge < -0.3 is 0 Å². The molecule has 0 aliphatic carbocycles. The topological polar surface area (TPSA) is 0 Å². The predicted octanol–water partition coefficient (Wildman–Crippen LogP) is 9.74. The van der Waals surface area contributed by atoms with Crippen LogP contribution in [0.25, 0.3) is 65.0 Å². The van der Waals surface area contributed by atoms with Crippen LogP contribution in [0.3, 0.4) is 0 Å². The molecule has 0 aliphatic heterocycles. The standard InChI is InChI=1S/C34H24/c1-21-15-16-23(19-22(21)2)24-17-18-28-27-11-5-7-13-30(27)33-29-12-6-3-9-25(29)26-10-4-8-14-31(26)34(33)32(28)20-24/h3-20H,1-2H3. The van der Waals surface area contributed by atoms with Gasteiger partial charge in [-0.1, -0.05) is 103 Å². The highest BCUT2D eigenvalue weighted by atomic mass is 14.2. The van der Waals surface area contributed by atoms with Crippen LogP contribution in [0.1, 0.15) is 11.1 Å². The van der Waals surface area contributed by atoms with Crippen LogP contribution in [-0.2, 0) is 0 Å². The van der Waals surface area contributed by atoms with Crippen LogP contribution in [0.5, 0.6) is 0 Å². The summed E-state index contributed by atoms with van der Waals surface area (Å²) in [6.45, 7) is 4.37. The lowest BCUT2D eigenvalue weighted by Gasteiger charge is -2.17. The van der Waals surface area contributed by atoms with Crippen LogP contribution >= 0.6 is 0 Å². The fourth-order valence-corrected chi connectivity index (χ4v) is 5.72. The van der Waals surface area contributed by atoms with Crippen molar-refractivity contribution in [3.8, 4) is 11.1 Å². The Bertz CT molecular complexity index is 1910. The van der Waals surface area contributed by atoms with Gasteiger partial charge in [-0.2, -0.15) is 0 Å². The number of rotatable bonds is 1. The summed E-state index contributed by atoms with van der Waals surface area (Å²) in [5, 5.41) is 13.3. The Morgan fingerprint density at radius 1 is 0.324 bits per heavy atom. The molecule has 0 unspecified atom stereocenters. The largest absolute Gasteiger partial charge is 0.0616 e. The van der Waals surface area contributed by atoms with Crippen molar-refractivity contribution in [2.75, 3.05) is 0 Å². The zero-order valence-corrected chi connectivity index (χ0v) is 19.4. The summed E-state index contributed by atoms with van der Waals surface area (Å²) in [6.07, 6.45) is 0. The number of aryl methyl sites for hydroxylation is 2. The van der Waals surface area contributed by atoms with E-state index in [1.165, 1.54) is 76.1 Å². The summed E-state index contributed by atoms with van der Waals surface area (Å²) in [7, 11) is 0. The first-order valence-corrected chi connectivity index (χ1v) is 12.0. The first-order chi connectivity index (χ1) is 16.7. The summed E-state index contributed by atoms with van der Waals surface area (Å²) in [4.78, 5) is 0. The Hall–Kier alpha value is -4.16. The van der Waals surface area contributed by atoms with E-state index in [9.17, 15) is 0 Å². The highest BCUT2D eigenvalue weighted by Crippen LogP contribution is 2.44. The first-order valence-electron chi connectivity index (χ1n) is 12.0. The number of hydrogen-bond donors (Lipinski definition) is 0. The summed E-state index contributed by atoms with van der Waals surface area (Å²) >= 11 is 0. The molecular weight excluding hydrogens is 408 g/mol. The predicted molar refractivity (Wildman–Crippen MR) is 149 cm³/mol. The lowest BCUT2D eigenvalue weighted by Crippen LogP contribution is -1.89. The molecule has 0 heterocycles. The zero-order valence-electron chi connectivity index (χ0n) is 19.4. The number of benzene rings is 7. The van der Waals surface area contributed by atoms with Crippen molar-refractivity contribution >= 4 is 53.9 Å². The third kappa shape index (κ3) is 2.66. The molecular formula is C34H24. The third-order valence-electron chi connectivity index (χ3n) is 7.55. The van der Waals surface area contributed by atoms with Gasteiger partial charge in [0, 0.05) is 0 Å². The van der Waals surface area contributed by atoms with Crippen LogP contribution in [0.15, 0.2) is 109 Å². The first kappa shape index (κ1) is 19.3.